The van der Waals surface area contributed by atoms with Gasteiger partial charge in [0.15, 0.2) is 5.96 Å². The van der Waals surface area contributed by atoms with Gasteiger partial charge in [-0.2, -0.15) is 0 Å². The molecule has 0 radical (unpaired) electrons. The second-order valence-corrected chi connectivity index (χ2v) is 6.57. The van der Waals surface area contributed by atoms with Crippen LogP contribution in [0.15, 0.2) is 4.99 Å². The Kier molecular flexibility index (Phi) is 13.7. The summed E-state index contributed by atoms with van der Waals surface area (Å²) in [5, 5.41) is 6.74. The lowest BCUT2D eigenvalue weighted by Gasteiger charge is -2.33. The molecule has 1 aliphatic rings. The van der Waals surface area contributed by atoms with Crippen LogP contribution in [-0.4, -0.2) is 87.9 Å². The number of nitrogens with zero attached hydrogens (tertiary/aromatic N) is 3. The van der Waals surface area contributed by atoms with Crippen LogP contribution in [-0.2, 0) is 4.74 Å². The molecule has 0 spiro atoms. The fourth-order valence-corrected chi connectivity index (χ4v) is 2.99. The molecule has 25 heavy (non-hydrogen) atoms. The predicted octanol–water partition coefficient (Wildman–Crippen LogP) is 1.78. The van der Waals surface area contributed by atoms with Crippen molar-refractivity contribution in [2.45, 2.75) is 46.5 Å². The third-order valence-corrected chi connectivity index (χ3v) is 4.62. The van der Waals surface area contributed by atoms with Gasteiger partial charge in [-0.15, -0.1) is 0 Å². The van der Waals surface area contributed by atoms with Crippen molar-refractivity contribution < 1.29 is 4.74 Å². The predicted molar refractivity (Wildman–Crippen MR) is 107 cm³/mol. The lowest BCUT2D eigenvalue weighted by molar-refractivity contribution is 0.136. The fraction of sp³-hybridized carbons (Fsp3) is 0.947. The summed E-state index contributed by atoms with van der Waals surface area (Å²) in [7, 11) is 0. The molecule has 0 atom stereocenters. The SMILES string of the molecule is CCNC(=NCCCCN1CCN(CC)CC1)NCCCCOCC. The molecule has 0 aliphatic carbocycles. The maximum absolute atomic E-state index is 5.36. The van der Waals surface area contributed by atoms with Crippen LogP contribution in [0.4, 0.5) is 0 Å². The molecule has 0 unspecified atom stereocenters. The highest BCUT2D eigenvalue weighted by molar-refractivity contribution is 5.79. The van der Waals surface area contributed by atoms with Gasteiger partial charge in [0.05, 0.1) is 0 Å². The van der Waals surface area contributed by atoms with E-state index in [1.54, 1.807) is 0 Å². The van der Waals surface area contributed by atoms with Crippen LogP contribution in [0, 0.1) is 0 Å². The lowest BCUT2D eigenvalue weighted by atomic mass is 10.2. The Bertz CT molecular complexity index is 330. The summed E-state index contributed by atoms with van der Waals surface area (Å²) in [6.45, 7) is 18.2. The van der Waals surface area contributed by atoms with Crippen LogP contribution >= 0.6 is 0 Å². The topological polar surface area (TPSA) is 52.1 Å². The Labute approximate surface area is 155 Å². The minimum absolute atomic E-state index is 0.811. The molecule has 6 nitrogen and oxygen atoms in total. The zero-order valence-corrected chi connectivity index (χ0v) is 16.9. The smallest absolute Gasteiger partial charge is 0.191 e. The van der Waals surface area contributed by atoms with Crippen LogP contribution in [0.5, 0.6) is 0 Å². The highest BCUT2D eigenvalue weighted by atomic mass is 16.5. The van der Waals surface area contributed by atoms with Crippen molar-refractivity contribution in [3.05, 3.63) is 0 Å². The van der Waals surface area contributed by atoms with Crippen molar-refractivity contribution >= 4 is 5.96 Å². The first-order valence-corrected chi connectivity index (χ1v) is 10.3. The van der Waals surface area contributed by atoms with E-state index in [0.717, 1.165) is 58.1 Å². The number of hydrogen-bond donors (Lipinski definition) is 2. The van der Waals surface area contributed by atoms with E-state index >= 15 is 0 Å². The number of aliphatic imine (C=N–C) groups is 1. The number of likely N-dealkylation sites (N-methyl/N-ethyl adjacent to an activating group) is 1. The molecule has 1 saturated heterocycles. The van der Waals surface area contributed by atoms with Gasteiger partial charge in [0.25, 0.3) is 0 Å². The normalized spacial score (nSPS) is 17.0. The number of piperazine rings is 1. The summed E-state index contributed by atoms with van der Waals surface area (Å²) < 4.78 is 5.36. The van der Waals surface area contributed by atoms with Gasteiger partial charge >= 0.3 is 0 Å². The quantitative estimate of drug-likeness (QED) is 0.300. The van der Waals surface area contributed by atoms with Gasteiger partial charge in [-0.05, 0) is 52.6 Å². The number of rotatable bonds is 13. The number of nitrogens with one attached hydrogen (secondary N) is 2. The average molecular weight is 356 g/mol. The summed E-state index contributed by atoms with van der Waals surface area (Å²) >= 11 is 0. The average Bonchev–Trinajstić information content (AvgIpc) is 2.64. The Morgan fingerprint density at radius 1 is 0.920 bits per heavy atom. The van der Waals surface area contributed by atoms with E-state index in [4.69, 9.17) is 9.73 Å². The lowest BCUT2D eigenvalue weighted by Crippen LogP contribution is -2.46. The molecule has 2 N–H and O–H groups in total. The second kappa shape index (κ2) is 15.4. The minimum atomic E-state index is 0.811. The first-order chi connectivity index (χ1) is 12.3. The molecule has 6 heteroatoms. The maximum Gasteiger partial charge on any atom is 0.191 e. The highest BCUT2D eigenvalue weighted by Gasteiger charge is 2.14. The molecule has 0 aromatic carbocycles. The molecule has 0 saturated carbocycles. The van der Waals surface area contributed by atoms with Crippen molar-refractivity contribution in [2.75, 3.05) is 72.1 Å². The minimum Gasteiger partial charge on any atom is -0.382 e. The van der Waals surface area contributed by atoms with E-state index in [0.29, 0.717) is 0 Å². The van der Waals surface area contributed by atoms with Gasteiger partial charge in [-0.25, -0.2) is 0 Å². The summed E-state index contributed by atoms with van der Waals surface area (Å²) in [4.78, 5) is 9.82. The number of unbranched alkanes of at least 4 members (excludes halogenated alkanes) is 2. The molecule has 1 fully saturated rings. The van der Waals surface area contributed by atoms with Crippen molar-refractivity contribution in [3.8, 4) is 0 Å². The van der Waals surface area contributed by atoms with Gasteiger partial charge in [0.1, 0.15) is 0 Å². The molecule has 0 aromatic rings. The molecule has 0 amide bonds. The Morgan fingerprint density at radius 3 is 2.36 bits per heavy atom. The number of guanidine groups is 1. The van der Waals surface area contributed by atoms with Crippen LogP contribution in [0.1, 0.15) is 46.5 Å². The van der Waals surface area contributed by atoms with Crippen molar-refractivity contribution in [1.82, 2.24) is 20.4 Å². The monoisotopic (exact) mass is 355 g/mol. The zero-order valence-electron chi connectivity index (χ0n) is 16.9. The number of hydrogen-bond acceptors (Lipinski definition) is 4. The summed E-state index contributed by atoms with van der Waals surface area (Å²) in [6.07, 6.45) is 4.62. The van der Waals surface area contributed by atoms with Gasteiger partial charge in [0.2, 0.25) is 0 Å². The largest absolute Gasteiger partial charge is 0.382 e. The van der Waals surface area contributed by atoms with Crippen LogP contribution < -0.4 is 10.6 Å². The van der Waals surface area contributed by atoms with E-state index in [1.807, 2.05) is 6.92 Å². The van der Waals surface area contributed by atoms with Gasteiger partial charge in [0, 0.05) is 59.0 Å². The molecule has 148 valence electrons. The van der Waals surface area contributed by atoms with E-state index < -0.39 is 0 Å². The highest BCUT2D eigenvalue weighted by Crippen LogP contribution is 2.03. The standard InChI is InChI=1S/C19H41N5O/c1-4-20-19(22-12-8-10-18-25-6-3)21-11-7-9-13-24-16-14-23(5-2)15-17-24/h4-18H2,1-3H3,(H2,20,21,22). The Hall–Kier alpha value is -0.850. The fourth-order valence-electron chi connectivity index (χ4n) is 2.99. The van der Waals surface area contributed by atoms with Crippen LogP contribution in [0.25, 0.3) is 0 Å². The molecule has 1 rings (SSSR count). The molecule has 0 aromatic heterocycles. The van der Waals surface area contributed by atoms with Crippen LogP contribution in [0.3, 0.4) is 0 Å². The second-order valence-electron chi connectivity index (χ2n) is 6.57. The van der Waals surface area contributed by atoms with Gasteiger partial charge < -0.3 is 25.2 Å². The Balaban J connectivity index is 2.07. The van der Waals surface area contributed by atoms with Crippen LogP contribution in [0.2, 0.25) is 0 Å². The van der Waals surface area contributed by atoms with E-state index in [9.17, 15) is 0 Å². The van der Waals surface area contributed by atoms with Crippen molar-refractivity contribution in [3.63, 3.8) is 0 Å². The van der Waals surface area contributed by atoms with Crippen molar-refractivity contribution in [2.24, 2.45) is 4.99 Å². The van der Waals surface area contributed by atoms with E-state index in [1.165, 1.54) is 45.7 Å². The first-order valence-electron chi connectivity index (χ1n) is 10.3. The Morgan fingerprint density at radius 2 is 1.68 bits per heavy atom. The molecule has 0 bridgehead atoms. The zero-order chi connectivity index (χ0) is 18.2. The summed E-state index contributed by atoms with van der Waals surface area (Å²) in [5.74, 6) is 0.954. The maximum atomic E-state index is 5.36. The third-order valence-electron chi connectivity index (χ3n) is 4.62. The summed E-state index contributed by atoms with van der Waals surface area (Å²) in [6, 6.07) is 0. The number of ether oxygens (including phenoxy) is 1. The van der Waals surface area contributed by atoms with Crippen molar-refractivity contribution in [1.29, 1.82) is 0 Å². The van der Waals surface area contributed by atoms with E-state index in [2.05, 4.69) is 34.3 Å². The van der Waals surface area contributed by atoms with Gasteiger partial charge in [-0.1, -0.05) is 6.92 Å². The molecule has 1 heterocycles. The molecular weight excluding hydrogens is 314 g/mol. The molecule has 1 aliphatic heterocycles. The first kappa shape index (κ1) is 22.2. The third kappa shape index (κ3) is 11.4. The van der Waals surface area contributed by atoms with Gasteiger partial charge in [-0.3, -0.25) is 4.99 Å². The molecular formula is C19H41N5O. The van der Waals surface area contributed by atoms with E-state index in [-0.39, 0.29) is 0 Å². The summed E-state index contributed by atoms with van der Waals surface area (Å²) in [5.41, 5.74) is 0.